The molecule has 1 unspecified atom stereocenters. The molecular weight excluding hydrogens is 208 g/mol. The predicted octanol–water partition coefficient (Wildman–Crippen LogP) is 2.02. The van der Waals surface area contributed by atoms with Crippen LogP contribution in [0.2, 0.25) is 0 Å². The lowest BCUT2D eigenvalue weighted by Gasteiger charge is -1.98. The molecule has 1 aromatic heterocycles. The summed E-state index contributed by atoms with van der Waals surface area (Å²) >= 11 is 3.50. The molecular formula is C8H7BrO2. The van der Waals surface area contributed by atoms with Gasteiger partial charge in [-0.25, -0.2) is 4.79 Å². The highest BCUT2D eigenvalue weighted by Crippen LogP contribution is 2.36. The van der Waals surface area contributed by atoms with Gasteiger partial charge in [-0.15, -0.1) is 0 Å². The molecule has 1 heterocycles. The molecule has 0 amide bonds. The molecule has 0 radical (unpaired) electrons. The van der Waals surface area contributed by atoms with Crippen molar-refractivity contribution in [3.8, 4) is 0 Å². The normalized spacial score (nSPS) is 21.7. The molecule has 0 spiro atoms. The second-order valence-electron chi connectivity index (χ2n) is 2.69. The van der Waals surface area contributed by atoms with E-state index in [1.165, 1.54) is 0 Å². The Kier molecular flexibility index (Phi) is 1.60. The highest BCUT2D eigenvalue weighted by molar-refractivity contribution is 9.09. The van der Waals surface area contributed by atoms with Gasteiger partial charge < -0.3 is 4.42 Å². The predicted molar refractivity (Wildman–Crippen MR) is 45.0 cm³/mol. The molecule has 0 saturated carbocycles. The van der Waals surface area contributed by atoms with Crippen LogP contribution in [-0.2, 0) is 6.42 Å². The zero-order chi connectivity index (χ0) is 7.84. The van der Waals surface area contributed by atoms with E-state index in [1.807, 2.05) is 0 Å². The van der Waals surface area contributed by atoms with E-state index in [2.05, 4.69) is 15.9 Å². The molecule has 0 aromatic carbocycles. The summed E-state index contributed by atoms with van der Waals surface area (Å²) in [5, 5.41) is 0. The monoisotopic (exact) mass is 214 g/mol. The smallest absolute Gasteiger partial charge is 0.335 e. The highest BCUT2D eigenvalue weighted by Gasteiger charge is 2.20. The van der Waals surface area contributed by atoms with Crippen LogP contribution >= 0.6 is 15.9 Å². The van der Waals surface area contributed by atoms with Gasteiger partial charge in [-0.05, 0) is 18.4 Å². The van der Waals surface area contributed by atoms with Gasteiger partial charge in [0.25, 0.3) is 0 Å². The van der Waals surface area contributed by atoms with E-state index in [-0.39, 0.29) is 5.63 Å². The van der Waals surface area contributed by atoms with Crippen molar-refractivity contribution in [1.29, 1.82) is 0 Å². The lowest BCUT2D eigenvalue weighted by Crippen LogP contribution is -1.98. The SMILES string of the molecule is O=c1cc2c(co1)C(Br)CC2. The average Bonchev–Trinajstić information content (AvgIpc) is 2.32. The van der Waals surface area contributed by atoms with E-state index in [0.717, 1.165) is 24.0 Å². The fourth-order valence-corrected chi connectivity index (χ4v) is 2.02. The van der Waals surface area contributed by atoms with Crippen molar-refractivity contribution in [3.63, 3.8) is 0 Å². The van der Waals surface area contributed by atoms with Gasteiger partial charge >= 0.3 is 5.63 Å². The average molecular weight is 215 g/mol. The Hall–Kier alpha value is -0.570. The first kappa shape index (κ1) is 7.10. The summed E-state index contributed by atoms with van der Waals surface area (Å²) in [5.41, 5.74) is 2.01. The number of alkyl halides is 1. The first-order valence-electron chi connectivity index (χ1n) is 3.53. The Morgan fingerprint density at radius 2 is 2.45 bits per heavy atom. The molecule has 0 aliphatic heterocycles. The van der Waals surface area contributed by atoms with Crippen molar-refractivity contribution in [2.24, 2.45) is 0 Å². The van der Waals surface area contributed by atoms with Gasteiger partial charge in [-0.2, -0.15) is 0 Å². The van der Waals surface area contributed by atoms with Gasteiger partial charge in [0.2, 0.25) is 0 Å². The zero-order valence-electron chi connectivity index (χ0n) is 5.84. The number of rotatable bonds is 0. The van der Waals surface area contributed by atoms with Crippen molar-refractivity contribution in [2.75, 3.05) is 0 Å². The van der Waals surface area contributed by atoms with E-state index in [4.69, 9.17) is 4.42 Å². The molecule has 1 atom stereocenters. The maximum Gasteiger partial charge on any atom is 0.335 e. The number of aryl methyl sites for hydroxylation is 1. The highest BCUT2D eigenvalue weighted by atomic mass is 79.9. The zero-order valence-corrected chi connectivity index (χ0v) is 7.43. The standard InChI is InChI=1S/C8H7BrO2/c9-7-2-1-5-3-8(10)11-4-6(5)7/h3-4,7H,1-2H2. The minimum Gasteiger partial charge on any atom is -0.431 e. The third-order valence-electron chi connectivity index (χ3n) is 1.97. The van der Waals surface area contributed by atoms with Crippen molar-refractivity contribution in [2.45, 2.75) is 17.7 Å². The van der Waals surface area contributed by atoms with Gasteiger partial charge in [0.1, 0.15) is 0 Å². The molecule has 1 aliphatic carbocycles. The molecule has 58 valence electrons. The lowest BCUT2D eigenvalue weighted by molar-refractivity contribution is 0.504. The van der Waals surface area contributed by atoms with Gasteiger partial charge in [0.05, 0.1) is 6.26 Å². The van der Waals surface area contributed by atoms with Crippen LogP contribution in [0.15, 0.2) is 21.5 Å². The third-order valence-corrected chi connectivity index (χ3v) is 2.92. The van der Waals surface area contributed by atoms with Crippen LogP contribution in [0.4, 0.5) is 0 Å². The molecule has 0 bridgehead atoms. The summed E-state index contributed by atoms with van der Waals surface area (Å²) in [7, 11) is 0. The summed E-state index contributed by atoms with van der Waals surface area (Å²) in [6, 6.07) is 1.58. The molecule has 0 saturated heterocycles. The summed E-state index contributed by atoms with van der Waals surface area (Å²) in [5.74, 6) is 0. The lowest BCUT2D eigenvalue weighted by atomic mass is 10.2. The number of hydrogen-bond donors (Lipinski definition) is 0. The van der Waals surface area contributed by atoms with E-state index < -0.39 is 0 Å². The summed E-state index contributed by atoms with van der Waals surface area (Å²) in [6.45, 7) is 0. The van der Waals surface area contributed by atoms with E-state index in [0.29, 0.717) is 4.83 Å². The van der Waals surface area contributed by atoms with Crippen LogP contribution in [-0.4, -0.2) is 0 Å². The molecule has 3 heteroatoms. The van der Waals surface area contributed by atoms with Gasteiger partial charge in [0, 0.05) is 16.5 Å². The molecule has 0 fully saturated rings. The van der Waals surface area contributed by atoms with Crippen molar-refractivity contribution in [1.82, 2.24) is 0 Å². The van der Waals surface area contributed by atoms with Crippen LogP contribution < -0.4 is 5.63 Å². The summed E-state index contributed by atoms with van der Waals surface area (Å²) in [6.07, 6.45) is 3.61. The van der Waals surface area contributed by atoms with Gasteiger partial charge in [-0.3, -0.25) is 0 Å². The second-order valence-corrected chi connectivity index (χ2v) is 3.79. The summed E-state index contributed by atoms with van der Waals surface area (Å²) < 4.78 is 4.75. The van der Waals surface area contributed by atoms with Crippen molar-refractivity contribution >= 4 is 15.9 Å². The van der Waals surface area contributed by atoms with Gasteiger partial charge in [0.15, 0.2) is 0 Å². The van der Waals surface area contributed by atoms with Gasteiger partial charge in [-0.1, -0.05) is 15.9 Å². The Morgan fingerprint density at radius 3 is 3.27 bits per heavy atom. The molecule has 1 aliphatic rings. The van der Waals surface area contributed by atoms with Crippen LogP contribution in [0, 0.1) is 0 Å². The third kappa shape index (κ3) is 1.13. The maximum atomic E-state index is 10.8. The first-order chi connectivity index (χ1) is 5.27. The molecule has 2 nitrogen and oxygen atoms in total. The number of fused-ring (bicyclic) bond motifs is 1. The van der Waals surface area contributed by atoms with Crippen LogP contribution in [0.5, 0.6) is 0 Å². The molecule has 11 heavy (non-hydrogen) atoms. The quantitative estimate of drug-likeness (QED) is 0.619. The largest absolute Gasteiger partial charge is 0.431 e. The van der Waals surface area contributed by atoms with Crippen LogP contribution in [0.25, 0.3) is 0 Å². The molecule has 0 N–H and O–H groups in total. The van der Waals surface area contributed by atoms with Crippen LogP contribution in [0.1, 0.15) is 22.4 Å². The topological polar surface area (TPSA) is 30.2 Å². The van der Waals surface area contributed by atoms with Crippen molar-refractivity contribution in [3.05, 3.63) is 33.9 Å². The van der Waals surface area contributed by atoms with Crippen molar-refractivity contribution < 1.29 is 4.42 Å². The molecule has 1 aromatic rings. The first-order valence-corrected chi connectivity index (χ1v) is 4.44. The van der Waals surface area contributed by atoms with E-state index in [9.17, 15) is 4.79 Å². The minimum absolute atomic E-state index is 0.245. The Balaban J connectivity index is 2.59. The molecule has 2 rings (SSSR count). The minimum atomic E-state index is -0.245. The fourth-order valence-electron chi connectivity index (χ4n) is 1.39. The fraction of sp³-hybridized carbons (Fsp3) is 0.375. The Morgan fingerprint density at radius 1 is 1.64 bits per heavy atom. The number of halogens is 1. The van der Waals surface area contributed by atoms with E-state index in [1.54, 1.807) is 12.3 Å². The Bertz CT molecular complexity index is 329. The maximum absolute atomic E-state index is 10.8. The number of hydrogen-bond acceptors (Lipinski definition) is 2. The summed E-state index contributed by atoms with van der Waals surface area (Å²) in [4.78, 5) is 11.1. The van der Waals surface area contributed by atoms with E-state index >= 15 is 0 Å². The van der Waals surface area contributed by atoms with Crippen LogP contribution in [0.3, 0.4) is 0 Å². The Labute approximate surface area is 72.4 Å². The second kappa shape index (κ2) is 2.48.